The average molecular weight is 264 g/mol. The van der Waals surface area contributed by atoms with Crippen molar-refractivity contribution in [3.8, 4) is 5.75 Å². The van der Waals surface area contributed by atoms with Gasteiger partial charge < -0.3 is 9.84 Å². The number of hydrogen-bond donors (Lipinski definition) is 1. The van der Waals surface area contributed by atoms with Crippen LogP contribution in [0.2, 0.25) is 0 Å². The molecule has 0 aromatic heterocycles. The van der Waals surface area contributed by atoms with Crippen molar-refractivity contribution in [1.82, 2.24) is 0 Å². The Balaban J connectivity index is 3.62. The van der Waals surface area contributed by atoms with Crippen LogP contribution in [0.25, 0.3) is 0 Å². The number of ether oxygens (including phenoxy) is 1. The number of hydrogen-bond acceptors (Lipinski definition) is 2. The topological polar surface area (TPSA) is 29.5 Å². The molecule has 0 unspecified atom stereocenters. The van der Waals surface area contributed by atoms with Crippen LogP contribution in [0.5, 0.6) is 5.75 Å². The minimum Gasteiger partial charge on any atom is -0.496 e. The summed E-state index contributed by atoms with van der Waals surface area (Å²) in [5.74, 6) is 0.920. The third-order valence-electron chi connectivity index (χ3n) is 3.69. The summed E-state index contributed by atoms with van der Waals surface area (Å²) in [5.41, 5.74) is 3.34. The lowest BCUT2D eigenvalue weighted by molar-refractivity contribution is 0.214. The van der Waals surface area contributed by atoms with E-state index in [1.54, 1.807) is 7.11 Å². The minimum absolute atomic E-state index is 0.0246. The maximum absolute atomic E-state index is 9.67. The maximum Gasteiger partial charge on any atom is 0.126 e. The highest BCUT2D eigenvalue weighted by atomic mass is 16.5. The maximum atomic E-state index is 9.67. The van der Waals surface area contributed by atoms with Crippen LogP contribution in [0.3, 0.4) is 0 Å². The summed E-state index contributed by atoms with van der Waals surface area (Å²) >= 11 is 0. The van der Waals surface area contributed by atoms with E-state index < -0.39 is 0 Å². The molecule has 0 atom stereocenters. The highest BCUT2D eigenvalue weighted by Crippen LogP contribution is 2.40. The summed E-state index contributed by atoms with van der Waals surface area (Å²) in [6, 6.07) is 4.40. The molecule has 0 aliphatic rings. The van der Waals surface area contributed by atoms with Crippen LogP contribution in [-0.2, 0) is 17.3 Å². The largest absolute Gasteiger partial charge is 0.496 e. The van der Waals surface area contributed by atoms with Gasteiger partial charge in [-0.25, -0.2) is 0 Å². The molecule has 0 heterocycles. The first kappa shape index (κ1) is 16.0. The molecule has 0 aliphatic carbocycles. The third-order valence-corrected chi connectivity index (χ3v) is 3.69. The number of rotatable bonds is 4. The highest BCUT2D eigenvalue weighted by molar-refractivity contribution is 5.51. The summed E-state index contributed by atoms with van der Waals surface area (Å²) < 4.78 is 5.68. The van der Waals surface area contributed by atoms with Gasteiger partial charge in [0, 0.05) is 16.5 Å². The molecule has 0 radical (unpaired) electrons. The van der Waals surface area contributed by atoms with Gasteiger partial charge in [-0.3, -0.25) is 0 Å². The Kier molecular flexibility index (Phi) is 4.67. The lowest BCUT2D eigenvalue weighted by atomic mass is 9.77. The zero-order chi connectivity index (χ0) is 14.8. The molecule has 2 heteroatoms. The molecule has 1 aromatic carbocycles. The second-order valence-electron chi connectivity index (χ2n) is 6.87. The zero-order valence-electron chi connectivity index (χ0n) is 13.4. The Bertz CT molecular complexity index is 439. The van der Waals surface area contributed by atoms with Crippen molar-refractivity contribution in [3.05, 3.63) is 28.8 Å². The first-order chi connectivity index (χ1) is 8.67. The summed E-state index contributed by atoms with van der Waals surface area (Å²) in [5, 5.41) is 9.67. The standard InChI is InChI=1S/C17H28O2/c1-8-12-9-13(16(2,3)4)15(19-7)14(10-12)17(5,6)11-18/h9-10,18H,8,11H2,1-7H3. The highest BCUT2D eigenvalue weighted by Gasteiger charge is 2.29. The molecule has 0 saturated heterocycles. The van der Waals surface area contributed by atoms with Crippen LogP contribution in [0, 0.1) is 0 Å². The van der Waals surface area contributed by atoms with Crippen LogP contribution in [0.15, 0.2) is 12.1 Å². The fourth-order valence-corrected chi connectivity index (χ4v) is 2.26. The van der Waals surface area contributed by atoms with Crippen molar-refractivity contribution in [1.29, 1.82) is 0 Å². The molecular formula is C17H28O2. The fourth-order valence-electron chi connectivity index (χ4n) is 2.26. The molecular weight excluding hydrogens is 236 g/mol. The van der Waals surface area contributed by atoms with Gasteiger partial charge >= 0.3 is 0 Å². The van der Waals surface area contributed by atoms with Crippen molar-refractivity contribution in [2.45, 2.75) is 58.8 Å². The molecule has 108 valence electrons. The summed E-state index contributed by atoms with van der Waals surface area (Å²) in [4.78, 5) is 0. The molecule has 0 saturated carbocycles. The summed E-state index contributed by atoms with van der Waals surface area (Å²) in [6.07, 6.45) is 0.988. The Hall–Kier alpha value is -1.02. The zero-order valence-corrected chi connectivity index (χ0v) is 13.4. The lowest BCUT2D eigenvalue weighted by Gasteiger charge is -2.31. The number of benzene rings is 1. The van der Waals surface area contributed by atoms with Crippen LogP contribution < -0.4 is 4.74 Å². The van der Waals surface area contributed by atoms with Gasteiger partial charge in [0.15, 0.2) is 0 Å². The second kappa shape index (κ2) is 5.54. The third kappa shape index (κ3) is 3.30. The molecule has 0 bridgehead atoms. The average Bonchev–Trinajstić information content (AvgIpc) is 2.35. The van der Waals surface area contributed by atoms with Gasteiger partial charge in [0.1, 0.15) is 5.75 Å². The van der Waals surface area contributed by atoms with Crippen molar-refractivity contribution in [2.24, 2.45) is 0 Å². The van der Waals surface area contributed by atoms with E-state index in [1.165, 1.54) is 11.1 Å². The van der Waals surface area contributed by atoms with Crippen molar-refractivity contribution in [2.75, 3.05) is 13.7 Å². The Morgan fingerprint density at radius 1 is 1.05 bits per heavy atom. The first-order valence-corrected chi connectivity index (χ1v) is 7.00. The van der Waals surface area contributed by atoms with E-state index in [0.717, 1.165) is 17.7 Å². The number of aliphatic hydroxyl groups excluding tert-OH is 1. The van der Waals surface area contributed by atoms with Gasteiger partial charge in [0.25, 0.3) is 0 Å². The number of aliphatic hydroxyl groups is 1. The van der Waals surface area contributed by atoms with E-state index in [-0.39, 0.29) is 17.4 Å². The fraction of sp³-hybridized carbons (Fsp3) is 0.647. The molecule has 1 aromatic rings. The van der Waals surface area contributed by atoms with Gasteiger partial charge in [-0.1, -0.05) is 53.7 Å². The Labute approximate surface area is 117 Å². The quantitative estimate of drug-likeness (QED) is 0.895. The first-order valence-electron chi connectivity index (χ1n) is 7.00. The predicted octanol–water partition coefficient (Wildman–Crippen LogP) is 3.83. The van der Waals surface area contributed by atoms with Gasteiger partial charge in [-0.05, 0) is 17.4 Å². The normalized spacial score (nSPS) is 12.6. The van der Waals surface area contributed by atoms with Crippen LogP contribution in [-0.4, -0.2) is 18.8 Å². The molecule has 19 heavy (non-hydrogen) atoms. The van der Waals surface area contributed by atoms with Crippen molar-refractivity contribution >= 4 is 0 Å². The summed E-state index contributed by atoms with van der Waals surface area (Å²) in [6.45, 7) is 13.0. The van der Waals surface area contributed by atoms with E-state index in [9.17, 15) is 5.11 Å². The molecule has 1 N–H and O–H groups in total. The number of methoxy groups -OCH3 is 1. The van der Waals surface area contributed by atoms with Crippen molar-refractivity contribution in [3.63, 3.8) is 0 Å². The monoisotopic (exact) mass is 264 g/mol. The van der Waals surface area contributed by atoms with Gasteiger partial charge in [-0.2, -0.15) is 0 Å². The number of aryl methyl sites for hydroxylation is 1. The molecule has 0 spiro atoms. The van der Waals surface area contributed by atoms with E-state index in [4.69, 9.17) is 4.74 Å². The molecule has 0 aliphatic heterocycles. The molecule has 2 nitrogen and oxygen atoms in total. The Morgan fingerprint density at radius 2 is 1.58 bits per heavy atom. The SMILES string of the molecule is CCc1cc(C(C)(C)C)c(OC)c(C(C)(C)CO)c1. The van der Waals surface area contributed by atoms with Crippen LogP contribution >= 0.6 is 0 Å². The van der Waals surface area contributed by atoms with E-state index >= 15 is 0 Å². The van der Waals surface area contributed by atoms with Gasteiger partial charge in [0.2, 0.25) is 0 Å². The van der Waals surface area contributed by atoms with E-state index in [2.05, 4.69) is 53.7 Å². The Morgan fingerprint density at radius 3 is 1.95 bits per heavy atom. The van der Waals surface area contributed by atoms with Gasteiger partial charge in [-0.15, -0.1) is 0 Å². The molecule has 0 amide bonds. The molecule has 0 fully saturated rings. The molecule has 1 rings (SSSR count). The van der Waals surface area contributed by atoms with Crippen LogP contribution in [0.1, 0.15) is 58.2 Å². The van der Waals surface area contributed by atoms with Crippen molar-refractivity contribution < 1.29 is 9.84 Å². The summed E-state index contributed by atoms with van der Waals surface area (Å²) in [7, 11) is 1.72. The van der Waals surface area contributed by atoms with Gasteiger partial charge in [0.05, 0.1) is 13.7 Å². The predicted molar refractivity (Wildman–Crippen MR) is 81.2 cm³/mol. The van der Waals surface area contributed by atoms with Crippen LogP contribution in [0.4, 0.5) is 0 Å². The lowest BCUT2D eigenvalue weighted by Crippen LogP contribution is -2.25. The van der Waals surface area contributed by atoms with E-state index in [1.807, 2.05) is 0 Å². The van der Waals surface area contributed by atoms with E-state index in [0.29, 0.717) is 0 Å². The smallest absolute Gasteiger partial charge is 0.126 e. The second-order valence-corrected chi connectivity index (χ2v) is 6.87. The minimum atomic E-state index is -0.295.